The zero-order valence-corrected chi connectivity index (χ0v) is 13.7. The number of nitrogens with zero attached hydrogens (tertiary/aromatic N) is 3. The molecule has 2 rings (SSSR count). The monoisotopic (exact) mass is 329 g/mol. The average molecular weight is 330 g/mol. The van der Waals surface area contributed by atoms with Crippen LogP contribution >= 0.6 is 15.9 Å². The fraction of sp³-hybridized carbons (Fsp3) is 0.786. The van der Waals surface area contributed by atoms with Gasteiger partial charge in [0.25, 0.3) is 0 Å². The van der Waals surface area contributed by atoms with Gasteiger partial charge >= 0.3 is 0 Å². The molecule has 19 heavy (non-hydrogen) atoms. The highest BCUT2D eigenvalue weighted by Gasteiger charge is 2.38. The molecule has 0 radical (unpaired) electrons. The number of hydrogen-bond acceptors (Lipinski definition) is 3. The summed E-state index contributed by atoms with van der Waals surface area (Å²) in [5, 5.41) is 15.2. The summed E-state index contributed by atoms with van der Waals surface area (Å²) in [4.78, 5) is 2.40. The van der Waals surface area contributed by atoms with Gasteiger partial charge in [-0.3, -0.25) is 9.58 Å². The van der Waals surface area contributed by atoms with Crippen LogP contribution in [0.2, 0.25) is 0 Å². The summed E-state index contributed by atoms with van der Waals surface area (Å²) in [6, 6.07) is 0. The van der Waals surface area contributed by atoms with E-state index in [-0.39, 0.29) is 5.54 Å². The molecule has 108 valence electrons. The van der Waals surface area contributed by atoms with Crippen molar-refractivity contribution >= 4 is 15.9 Å². The van der Waals surface area contributed by atoms with Crippen LogP contribution in [0.1, 0.15) is 51.8 Å². The number of aromatic nitrogens is 2. The third-order valence-corrected chi connectivity index (χ3v) is 4.84. The van der Waals surface area contributed by atoms with Gasteiger partial charge in [0.15, 0.2) is 0 Å². The van der Waals surface area contributed by atoms with Crippen molar-refractivity contribution in [1.82, 2.24) is 14.7 Å². The highest BCUT2D eigenvalue weighted by Crippen LogP contribution is 2.36. The van der Waals surface area contributed by atoms with Crippen molar-refractivity contribution in [1.29, 1.82) is 0 Å². The van der Waals surface area contributed by atoms with E-state index in [4.69, 9.17) is 0 Å². The van der Waals surface area contributed by atoms with Gasteiger partial charge in [-0.25, -0.2) is 0 Å². The van der Waals surface area contributed by atoms with Crippen LogP contribution in [0, 0.1) is 0 Å². The summed E-state index contributed by atoms with van der Waals surface area (Å²) < 4.78 is 2.77. The third-order valence-electron chi connectivity index (χ3n) is 4.23. The number of likely N-dealkylation sites (tertiary alicyclic amines) is 1. The first-order valence-electron chi connectivity index (χ1n) is 7.12. The number of piperidine rings is 1. The number of aryl methyl sites for hydroxylation is 1. The number of rotatable bonds is 4. The van der Waals surface area contributed by atoms with Gasteiger partial charge in [0.1, 0.15) is 6.10 Å². The van der Waals surface area contributed by atoms with E-state index in [1.165, 1.54) is 19.3 Å². The van der Waals surface area contributed by atoms with Crippen molar-refractivity contribution in [3.8, 4) is 0 Å². The van der Waals surface area contributed by atoms with E-state index in [1.54, 1.807) is 6.20 Å². The van der Waals surface area contributed by atoms with Gasteiger partial charge < -0.3 is 5.11 Å². The maximum absolute atomic E-state index is 10.8. The number of halogens is 1. The van der Waals surface area contributed by atoms with Crippen LogP contribution in [0.4, 0.5) is 0 Å². The van der Waals surface area contributed by atoms with Crippen molar-refractivity contribution in [2.45, 2.75) is 58.2 Å². The SMILES string of the molecule is CCn1ncc(Br)c1C(O)C(C)(C)N1CCCCC1. The largest absolute Gasteiger partial charge is 0.385 e. The van der Waals surface area contributed by atoms with Crippen molar-refractivity contribution in [2.24, 2.45) is 0 Å². The van der Waals surface area contributed by atoms with Crippen LogP contribution in [0.3, 0.4) is 0 Å². The molecule has 1 aliphatic rings. The van der Waals surface area contributed by atoms with E-state index in [0.717, 1.165) is 29.8 Å². The van der Waals surface area contributed by atoms with E-state index < -0.39 is 6.10 Å². The molecule has 0 saturated carbocycles. The van der Waals surface area contributed by atoms with Crippen molar-refractivity contribution < 1.29 is 5.11 Å². The van der Waals surface area contributed by atoms with Crippen LogP contribution < -0.4 is 0 Å². The number of aliphatic hydroxyl groups is 1. The molecule has 1 atom stereocenters. The second kappa shape index (κ2) is 5.94. The molecule has 1 aromatic rings. The summed E-state index contributed by atoms with van der Waals surface area (Å²) >= 11 is 3.51. The van der Waals surface area contributed by atoms with Crippen LogP contribution in [0.5, 0.6) is 0 Å². The smallest absolute Gasteiger partial charge is 0.114 e. The molecule has 1 unspecified atom stereocenters. The topological polar surface area (TPSA) is 41.3 Å². The second-order valence-corrected chi connectivity index (χ2v) is 6.65. The van der Waals surface area contributed by atoms with Crippen LogP contribution in [0.15, 0.2) is 10.7 Å². The first-order chi connectivity index (χ1) is 8.98. The molecule has 4 nitrogen and oxygen atoms in total. The lowest BCUT2D eigenvalue weighted by Crippen LogP contribution is -2.51. The highest BCUT2D eigenvalue weighted by atomic mass is 79.9. The minimum atomic E-state index is -0.539. The lowest BCUT2D eigenvalue weighted by Gasteiger charge is -2.44. The maximum atomic E-state index is 10.8. The second-order valence-electron chi connectivity index (χ2n) is 5.80. The van der Waals surface area contributed by atoms with E-state index in [0.29, 0.717) is 0 Å². The predicted octanol–water partition coefficient (Wildman–Crippen LogP) is 2.96. The molecule has 1 fully saturated rings. The quantitative estimate of drug-likeness (QED) is 0.923. The fourth-order valence-electron chi connectivity index (χ4n) is 2.87. The molecule has 0 aliphatic carbocycles. The molecule has 0 aromatic carbocycles. The summed E-state index contributed by atoms with van der Waals surface area (Å²) in [7, 11) is 0. The average Bonchev–Trinajstić information content (AvgIpc) is 2.79. The summed E-state index contributed by atoms with van der Waals surface area (Å²) in [5.41, 5.74) is 0.619. The first-order valence-corrected chi connectivity index (χ1v) is 7.92. The van der Waals surface area contributed by atoms with Gasteiger partial charge in [-0.15, -0.1) is 0 Å². The zero-order chi connectivity index (χ0) is 14.0. The Balaban J connectivity index is 2.25. The van der Waals surface area contributed by atoms with E-state index >= 15 is 0 Å². The predicted molar refractivity (Wildman–Crippen MR) is 80.1 cm³/mol. The van der Waals surface area contributed by atoms with Gasteiger partial charge in [-0.1, -0.05) is 6.42 Å². The van der Waals surface area contributed by atoms with Gasteiger partial charge in [-0.2, -0.15) is 5.10 Å². The molecule has 1 saturated heterocycles. The minimum absolute atomic E-state index is 0.268. The number of hydrogen-bond donors (Lipinski definition) is 1. The van der Waals surface area contributed by atoms with E-state index in [2.05, 4.69) is 39.8 Å². The molecule has 1 aliphatic heterocycles. The molecule has 1 aromatic heterocycles. The van der Waals surface area contributed by atoms with Crippen molar-refractivity contribution in [3.63, 3.8) is 0 Å². The Hall–Kier alpha value is -0.390. The van der Waals surface area contributed by atoms with Gasteiger partial charge in [-0.05, 0) is 62.6 Å². The first kappa shape index (κ1) is 15.0. The number of aliphatic hydroxyl groups excluding tert-OH is 1. The Labute approximate surface area is 123 Å². The lowest BCUT2D eigenvalue weighted by atomic mass is 9.90. The Morgan fingerprint density at radius 1 is 1.37 bits per heavy atom. The molecule has 0 bridgehead atoms. The van der Waals surface area contributed by atoms with E-state index in [9.17, 15) is 5.11 Å². The van der Waals surface area contributed by atoms with E-state index in [1.807, 2.05) is 11.6 Å². The normalized spacial score (nSPS) is 19.6. The molecule has 0 spiro atoms. The van der Waals surface area contributed by atoms with Crippen LogP contribution in [-0.2, 0) is 6.54 Å². The Morgan fingerprint density at radius 2 is 2.00 bits per heavy atom. The molecular formula is C14H24BrN3O. The lowest BCUT2D eigenvalue weighted by molar-refractivity contribution is -0.0254. The van der Waals surface area contributed by atoms with Crippen LogP contribution in [0.25, 0.3) is 0 Å². The molecule has 5 heteroatoms. The van der Waals surface area contributed by atoms with Crippen molar-refractivity contribution in [2.75, 3.05) is 13.1 Å². The van der Waals surface area contributed by atoms with Gasteiger partial charge in [0, 0.05) is 12.1 Å². The molecule has 0 amide bonds. The standard InChI is InChI=1S/C14H24BrN3O/c1-4-18-12(11(15)10-16-18)13(19)14(2,3)17-8-6-5-7-9-17/h10,13,19H,4-9H2,1-3H3. The third kappa shape index (κ3) is 2.88. The summed E-state index contributed by atoms with van der Waals surface area (Å²) in [5.74, 6) is 0. The van der Waals surface area contributed by atoms with Crippen molar-refractivity contribution in [3.05, 3.63) is 16.4 Å². The minimum Gasteiger partial charge on any atom is -0.385 e. The van der Waals surface area contributed by atoms with Gasteiger partial charge in [0.2, 0.25) is 0 Å². The fourth-order valence-corrected chi connectivity index (χ4v) is 3.39. The summed E-state index contributed by atoms with van der Waals surface area (Å²) in [6.07, 6.45) is 4.99. The Kier molecular flexibility index (Phi) is 4.69. The molecular weight excluding hydrogens is 306 g/mol. The van der Waals surface area contributed by atoms with Crippen LogP contribution in [-0.4, -0.2) is 38.4 Å². The Morgan fingerprint density at radius 3 is 2.58 bits per heavy atom. The molecule has 2 heterocycles. The molecule has 1 N–H and O–H groups in total. The zero-order valence-electron chi connectivity index (χ0n) is 12.1. The Bertz CT molecular complexity index is 424. The summed E-state index contributed by atoms with van der Waals surface area (Å²) in [6.45, 7) is 9.21. The highest BCUT2D eigenvalue weighted by molar-refractivity contribution is 9.10. The maximum Gasteiger partial charge on any atom is 0.114 e. The van der Waals surface area contributed by atoms with Gasteiger partial charge in [0.05, 0.1) is 16.4 Å².